The van der Waals surface area contributed by atoms with Crippen molar-refractivity contribution in [3.63, 3.8) is 0 Å². The maximum atomic E-state index is 11.4. The quantitative estimate of drug-likeness (QED) is 0.921. The largest absolute Gasteiger partial charge is 0.481 e. The average Bonchev–Trinajstić information content (AvgIpc) is 2.49. The second kappa shape index (κ2) is 5.90. The zero-order chi connectivity index (χ0) is 14.8. The van der Waals surface area contributed by atoms with E-state index in [9.17, 15) is 9.90 Å². The van der Waals surface area contributed by atoms with Crippen molar-refractivity contribution in [2.45, 2.75) is 13.0 Å². The molecule has 21 heavy (non-hydrogen) atoms. The Labute approximate surface area is 132 Å². The van der Waals surface area contributed by atoms with Crippen molar-refractivity contribution in [1.29, 1.82) is 0 Å². The van der Waals surface area contributed by atoms with E-state index in [1.807, 2.05) is 30.3 Å². The van der Waals surface area contributed by atoms with Gasteiger partial charge in [0.2, 0.25) is 0 Å². The van der Waals surface area contributed by atoms with E-state index < -0.39 is 5.97 Å². The van der Waals surface area contributed by atoms with Crippen LogP contribution in [-0.2, 0) is 17.8 Å². The first-order valence-corrected chi connectivity index (χ1v) is 7.73. The van der Waals surface area contributed by atoms with Crippen molar-refractivity contribution in [2.24, 2.45) is 5.92 Å². The summed E-state index contributed by atoms with van der Waals surface area (Å²) in [6, 6.07) is 16.2. The molecule has 2 aromatic rings. The third kappa shape index (κ3) is 3.10. The summed E-state index contributed by atoms with van der Waals surface area (Å²) < 4.78 is 1.05. The summed E-state index contributed by atoms with van der Waals surface area (Å²) in [7, 11) is 0. The van der Waals surface area contributed by atoms with Crippen LogP contribution >= 0.6 is 15.9 Å². The van der Waals surface area contributed by atoms with Crippen molar-refractivity contribution in [3.05, 3.63) is 64.1 Å². The van der Waals surface area contributed by atoms with Gasteiger partial charge in [-0.3, -0.25) is 4.79 Å². The Bertz CT molecular complexity index is 654. The van der Waals surface area contributed by atoms with E-state index in [1.165, 1.54) is 5.56 Å². The second-order valence-corrected chi connectivity index (χ2v) is 6.29. The minimum absolute atomic E-state index is 0.338. The minimum Gasteiger partial charge on any atom is -0.481 e. The van der Waals surface area contributed by atoms with Crippen molar-refractivity contribution in [2.75, 3.05) is 11.4 Å². The molecule has 0 fully saturated rings. The molecule has 3 rings (SSSR count). The van der Waals surface area contributed by atoms with E-state index in [-0.39, 0.29) is 5.92 Å². The number of anilines is 1. The maximum Gasteiger partial charge on any atom is 0.308 e. The third-order valence-corrected chi connectivity index (χ3v) is 4.40. The molecule has 0 spiro atoms. The van der Waals surface area contributed by atoms with Crippen molar-refractivity contribution >= 4 is 27.6 Å². The number of halogens is 1. The highest BCUT2D eigenvalue weighted by molar-refractivity contribution is 9.10. The molecular formula is C17H16BrNO2. The zero-order valence-corrected chi connectivity index (χ0v) is 13.1. The molecule has 0 saturated carbocycles. The number of carboxylic acids is 1. The fourth-order valence-electron chi connectivity index (χ4n) is 2.81. The molecule has 4 heteroatoms. The van der Waals surface area contributed by atoms with E-state index in [0.717, 1.165) is 22.3 Å². The van der Waals surface area contributed by atoms with E-state index in [0.29, 0.717) is 13.0 Å². The number of carbonyl (C=O) groups is 1. The summed E-state index contributed by atoms with van der Waals surface area (Å²) >= 11 is 3.43. The lowest BCUT2D eigenvalue weighted by Gasteiger charge is -2.34. The summed E-state index contributed by atoms with van der Waals surface area (Å²) in [4.78, 5) is 13.5. The Morgan fingerprint density at radius 1 is 1.19 bits per heavy atom. The maximum absolute atomic E-state index is 11.4. The molecule has 108 valence electrons. The predicted molar refractivity (Wildman–Crippen MR) is 86.5 cm³/mol. The number of para-hydroxylation sites is 1. The molecule has 3 nitrogen and oxygen atoms in total. The van der Waals surface area contributed by atoms with Crippen LogP contribution in [0.3, 0.4) is 0 Å². The number of benzene rings is 2. The highest BCUT2D eigenvalue weighted by Gasteiger charge is 2.28. The van der Waals surface area contributed by atoms with Crippen LogP contribution in [0.4, 0.5) is 5.69 Å². The Morgan fingerprint density at radius 2 is 1.90 bits per heavy atom. The lowest BCUT2D eigenvalue weighted by atomic mass is 9.92. The van der Waals surface area contributed by atoms with Gasteiger partial charge < -0.3 is 10.0 Å². The van der Waals surface area contributed by atoms with Crippen LogP contribution in [0.25, 0.3) is 0 Å². The molecule has 1 N–H and O–H groups in total. The summed E-state index contributed by atoms with van der Waals surface area (Å²) in [6.07, 6.45) is 0.613. The molecular weight excluding hydrogens is 330 g/mol. The number of carboxylic acid groups (broad SMARTS) is 1. The first-order valence-electron chi connectivity index (χ1n) is 6.93. The van der Waals surface area contributed by atoms with Gasteiger partial charge in [-0.1, -0.05) is 46.3 Å². The molecule has 0 saturated heterocycles. The van der Waals surface area contributed by atoms with Gasteiger partial charge in [0.1, 0.15) is 0 Å². The Kier molecular flexibility index (Phi) is 3.97. The lowest BCUT2D eigenvalue weighted by molar-refractivity contribution is -0.141. The van der Waals surface area contributed by atoms with Crippen LogP contribution in [0.1, 0.15) is 11.1 Å². The van der Waals surface area contributed by atoms with E-state index in [4.69, 9.17) is 0 Å². The van der Waals surface area contributed by atoms with Gasteiger partial charge in [-0.25, -0.2) is 0 Å². The Morgan fingerprint density at radius 3 is 2.62 bits per heavy atom. The van der Waals surface area contributed by atoms with Crippen LogP contribution < -0.4 is 4.90 Å². The average molecular weight is 346 g/mol. The molecule has 0 aliphatic carbocycles. The van der Waals surface area contributed by atoms with Gasteiger partial charge in [-0.05, 0) is 35.7 Å². The normalized spacial score (nSPS) is 17.4. The number of hydrogen-bond donors (Lipinski definition) is 1. The lowest BCUT2D eigenvalue weighted by Crippen LogP contribution is -2.38. The number of rotatable bonds is 3. The van der Waals surface area contributed by atoms with E-state index in [2.05, 4.69) is 39.0 Å². The predicted octanol–water partition coefficient (Wildman–Crippen LogP) is 3.71. The number of aliphatic carboxylic acids is 1. The van der Waals surface area contributed by atoms with Crippen LogP contribution in [0.15, 0.2) is 53.0 Å². The fourth-order valence-corrected chi connectivity index (χ4v) is 3.08. The molecule has 0 radical (unpaired) electrons. The summed E-state index contributed by atoms with van der Waals surface area (Å²) in [5.74, 6) is -1.05. The smallest absolute Gasteiger partial charge is 0.308 e. The van der Waals surface area contributed by atoms with Gasteiger partial charge in [0.05, 0.1) is 5.92 Å². The molecule has 1 unspecified atom stereocenters. The molecule has 1 atom stereocenters. The molecule has 2 aromatic carbocycles. The summed E-state index contributed by atoms with van der Waals surface area (Å²) in [5, 5.41) is 9.35. The molecule has 1 aliphatic heterocycles. The van der Waals surface area contributed by atoms with Crippen LogP contribution in [0.5, 0.6) is 0 Å². The van der Waals surface area contributed by atoms with Crippen molar-refractivity contribution < 1.29 is 9.90 Å². The third-order valence-electron chi connectivity index (χ3n) is 3.88. The number of fused-ring (bicyclic) bond motifs is 1. The number of hydrogen-bond acceptors (Lipinski definition) is 2. The SMILES string of the molecule is O=C(O)C1Cc2ccccc2N(Cc2ccc(Br)cc2)C1. The van der Waals surface area contributed by atoms with Crippen molar-refractivity contribution in [1.82, 2.24) is 0 Å². The van der Waals surface area contributed by atoms with Crippen LogP contribution in [0, 0.1) is 5.92 Å². The first-order chi connectivity index (χ1) is 10.1. The molecule has 0 bridgehead atoms. The van der Waals surface area contributed by atoms with Gasteiger partial charge in [-0.2, -0.15) is 0 Å². The summed E-state index contributed by atoms with van der Waals surface area (Å²) in [6.45, 7) is 1.29. The Hall–Kier alpha value is -1.81. The van der Waals surface area contributed by atoms with Gasteiger partial charge in [0.25, 0.3) is 0 Å². The standard InChI is InChI=1S/C17H16BrNO2/c18-15-7-5-12(6-8-15)10-19-11-14(17(20)21)9-13-3-1-2-4-16(13)19/h1-8,14H,9-11H2,(H,20,21). The minimum atomic E-state index is -0.717. The summed E-state index contributed by atoms with van der Waals surface area (Å²) in [5.41, 5.74) is 3.45. The zero-order valence-electron chi connectivity index (χ0n) is 11.5. The van der Waals surface area contributed by atoms with Gasteiger partial charge >= 0.3 is 5.97 Å². The van der Waals surface area contributed by atoms with Gasteiger partial charge in [-0.15, -0.1) is 0 Å². The number of nitrogens with zero attached hydrogens (tertiary/aromatic N) is 1. The molecule has 1 aliphatic rings. The van der Waals surface area contributed by atoms with Crippen molar-refractivity contribution in [3.8, 4) is 0 Å². The fraction of sp³-hybridized carbons (Fsp3) is 0.235. The van der Waals surface area contributed by atoms with E-state index in [1.54, 1.807) is 0 Å². The molecule has 0 amide bonds. The highest BCUT2D eigenvalue weighted by Crippen LogP contribution is 2.31. The monoisotopic (exact) mass is 345 g/mol. The highest BCUT2D eigenvalue weighted by atomic mass is 79.9. The van der Waals surface area contributed by atoms with Crippen LogP contribution in [-0.4, -0.2) is 17.6 Å². The molecule has 1 heterocycles. The van der Waals surface area contributed by atoms with Crippen LogP contribution in [0.2, 0.25) is 0 Å². The first kappa shape index (κ1) is 14.1. The van der Waals surface area contributed by atoms with Gasteiger partial charge in [0, 0.05) is 23.2 Å². The van der Waals surface area contributed by atoms with E-state index >= 15 is 0 Å². The molecule has 0 aromatic heterocycles. The Balaban J connectivity index is 1.89. The van der Waals surface area contributed by atoms with Gasteiger partial charge in [0.15, 0.2) is 0 Å². The second-order valence-electron chi connectivity index (χ2n) is 5.37. The topological polar surface area (TPSA) is 40.5 Å².